The Balaban J connectivity index is 1.70. The molecule has 0 fully saturated rings. The van der Waals surface area contributed by atoms with Gasteiger partial charge >= 0.3 is 0 Å². The number of thioether (sulfide) groups is 1. The van der Waals surface area contributed by atoms with Crippen molar-refractivity contribution in [3.05, 3.63) is 100 Å². The largest absolute Gasteiger partial charge is 0.327 e. The van der Waals surface area contributed by atoms with E-state index in [1.807, 2.05) is 78.5 Å². The van der Waals surface area contributed by atoms with Crippen molar-refractivity contribution in [3.8, 4) is 22.9 Å². The van der Waals surface area contributed by atoms with Gasteiger partial charge < -0.3 is 4.57 Å². The number of nitrogens with zero attached hydrogens (tertiary/aromatic N) is 7. The topological polar surface area (TPSA) is 100.0 Å². The molecule has 3 heterocycles. The van der Waals surface area contributed by atoms with Gasteiger partial charge in [-0.25, -0.2) is 9.67 Å². The van der Waals surface area contributed by atoms with Crippen LogP contribution in [0.3, 0.4) is 0 Å². The molecule has 0 N–H and O–H groups in total. The van der Waals surface area contributed by atoms with Gasteiger partial charge in [0.2, 0.25) is 4.80 Å². The number of ketones is 1. The van der Waals surface area contributed by atoms with Gasteiger partial charge in [-0.2, -0.15) is 14.8 Å². The summed E-state index contributed by atoms with van der Waals surface area (Å²) in [5.41, 5.74) is 3.72. The lowest BCUT2D eigenvalue weighted by atomic mass is 10.2. The standard InChI is InChI=1S/C29H23N7O2S2/c1-18(37)26-32-36(29(40-26)31-25(38)19-12-6-4-7-13-19)28-23(24-30-21-16-10-11-17-22(21)34(24)2)27(39-3)33-35(28)20-14-8-5-9-15-20/h4-17H,1-3H3. The highest BCUT2D eigenvalue weighted by atomic mass is 32.2. The highest BCUT2D eigenvalue weighted by Gasteiger charge is 2.28. The molecule has 0 spiro atoms. The smallest absolute Gasteiger partial charge is 0.279 e. The maximum atomic E-state index is 13.2. The van der Waals surface area contributed by atoms with Crippen molar-refractivity contribution in [3.63, 3.8) is 0 Å². The van der Waals surface area contributed by atoms with Crippen LogP contribution in [-0.4, -0.2) is 47.1 Å². The first-order chi connectivity index (χ1) is 19.5. The normalized spacial score (nSPS) is 11.8. The lowest BCUT2D eigenvalue weighted by Gasteiger charge is -2.10. The number of Topliss-reactive ketones (excluding diaryl/α,β-unsaturated/α-hetero) is 1. The molecule has 0 saturated carbocycles. The van der Waals surface area contributed by atoms with Gasteiger partial charge in [-0.3, -0.25) is 9.59 Å². The Kier molecular flexibility index (Phi) is 6.74. The van der Waals surface area contributed by atoms with Crippen LogP contribution >= 0.6 is 23.1 Å². The van der Waals surface area contributed by atoms with Crippen LogP contribution in [0.5, 0.6) is 0 Å². The van der Waals surface area contributed by atoms with Gasteiger partial charge in [-0.15, -0.1) is 16.9 Å². The number of aromatic nitrogens is 6. The quantitative estimate of drug-likeness (QED) is 0.200. The number of amides is 1. The number of fused-ring (bicyclic) bond motifs is 1. The van der Waals surface area contributed by atoms with E-state index >= 15 is 0 Å². The minimum absolute atomic E-state index is 0.224. The molecule has 0 bridgehead atoms. The van der Waals surface area contributed by atoms with E-state index in [4.69, 9.17) is 10.1 Å². The molecule has 6 aromatic rings. The van der Waals surface area contributed by atoms with E-state index < -0.39 is 5.91 Å². The van der Waals surface area contributed by atoms with Crippen molar-refractivity contribution in [1.29, 1.82) is 0 Å². The molecule has 198 valence electrons. The van der Waals surface area contributed by atoms with E-state index in [1.54, 1.807) is 28.9 Å². The van der Waals surface area contributed by atoms with E-state index in [1.165, 1.54) is 23.4 Å². The number of hydrogen-bond acceptors (Lipinski definition) is 7. The maximum Gasteiger partial charge on any atom is 0.279 e. The van der Waals surface area contributed by atoms with Gasteiger partial charge in [-0.05, 0) is 42.7 Å². The van der Waals surface area contributed by atoms with Gasteiger partial charge in [-0.1, -0.05) is 59.9 Å². The zero-order chi connectivity index (χ0) is 27.8. The fourth-order valence-electron chi connectivity index (χ4n) is 4.41. The van der Waals surface area contributed by atoms with Gasteiger partial charge in [0.25, 0.3) is 5.91 Å². The number of carbonyl (C=O) groups excluding carboxylic acids is 2. The van der Waals surface area contributed by atoms with Crippen molar-refractivity contribution in [1.82, 2.24) is 29.1 Å². The monoisotopic (exact) mass is 565 g/mol. The molecule has 1 amide bonds. The average molecular weight is 566 g/mol. The van der Waals surface area contributed by atoms with Crippen molar-refractivity contribution >= 4 is 45.8 Å². The fourth-order valence-corrected chi connectivity index (χ4v) is 5.74. The van der Waals surface area contributed by atoms with Crippen molar-refractivity contribution in [2.75, 3.05) is 6.26 Å². The molecule has 11 heteroatoms. The molecule has 0 aliphatic heterocycles. The van der Waals surface area contributed by atoms with Gasteiger partial charge in [0.1, 0.15) is 10.9 Å². The number of aryl methyl sites for hydroxylation is 1. The van der Waals surface area contributed by atoms with E-state index in [2.05, 4.69) is 10.1 Å². The Bertz CT molecular complexity index is 1950. The minimum Gasteiger partial charge on any atom is -0.327 e. The highest BCUT2D eigenvalue weighted by Crippen LogP contribution is 2.37. The highest BCUT2D eigenvalue weighted by molar-refractivity contribution is 7.98. The van der Waals surface area contributed by atoms with Crippen molar-refractivity contribution in [2.24, 2.45) is 12.0 Å². The van der Waals surface area contributed by atoms with Crippen LogP contribution in [0.2, 0.25) is 0 Å². The number of rotatable bonds is 6. The summed E-state index contributed by atoms with van der Waals surface area (Å²) in [6.45, 7) is 1.44. The van der Waals surface area contributed by atoms with Gasteiger partial charge in [0.15, 0.2) is 16.6 Å². The van der Waals surface area contributed by atoms with Crippen LogP contribution < -0.4 is 4.80 Å². The second kappa shape index (κ2) is 10.5. The summed E-state index contributed by atoms with van der Waals surface area (Å²) >= 11 is 2.53. The lowest BCUT2D eigenvalue weighted by Crippen LogP contribution is -2.21. The lowest BCUT2D eigenvalue weighted by molar-refractivity contribution is 0.0994. The molecule has 40 heavy (non-hydrogen) atoms. The molecule has 0 atom stereocenters. The Labute approximate surface area is 237 Å². The van der Waals surface area contributed by atoms with Crippen LogP contribution in [0.1, 0.15) is 27.1 Å². The summed E-state index contributed by atoms with van der Waals surface area (Å²) in [5.74, 6) is 0.533. The van der Waals surface area contributed by atoms with Gasteiger partial charge in [0, 0.05) is 19.5 Å². The van der Waals surface area contributed by atoms with Crippen molar-refractivity contribution in [2.45, 2.75) is 11.9 Å². The Morgan fingerprint density at radius 1 is 0.875 bits per heavy atom. The zero-order valence-corrected chi connectivity index (χ0v) is 23.5. The third-order valence-corrected chi connectivity index (χ3v) is 8.00. The number of carbonyl (C=O) groups is 2. The predicted octanol–water partition coefficient (Wildman–Crippen LogP) is 5.34. The molecule has 0 aliphatic carbocycles. The predicted molar refractivity (Wildman–Crippen MR) is 156 cm³/mol. The molecule has 3 aromatic carbocycles. The van der Waals surface area contributed by atoms with E-state index in [9.17, 15) is 9.59 Å². The first-order valence-corrected chi connectivity index (χ1v) is 14.4. The Morgan fingerprint density at radius 3 is 2.23 bits per heavy atom. The minimum atomic E-state index is -0.437. The first-order valence-electron chi connectivity index (χ1n) is 12.4. The SMILES string of the molecule is CSc1nn(-c2ccccc2)c(-n2nc(C(C)=O)sc2=NC(=O)c2ccccc2)c1-c1nc2ccccc2n1C. The molecular formula is C29H23N7O2S2. The summed E-state index contributed by atoms with van der Waals surface area (Å²) < 4.78 is 5.31. The van der Waals surface area contributed by atoms with Crippen LogP contribution in [-0.2, 0) is 7.05 Å². The fraction of sp³-hybridized carbons (Fsp3) is 0.103. The summed E-state index contributed by atoms with van der Waals surface area (Å²) in [7, 11) is 1.95. The summed E-state index contributed by atoms with van der Waals surface area (Å²) in [4.78, 5) is 35.3. The first kappa shape index (κ1) is 25.7. The Hall–Kier alpha value is -4.61. The second-order valence-corrected chi connectivity index (χ2v) is 10.6. The summed E-state index contributed by atoms with van der Waals surface area (Å²) in [6.07, 6.45) is 1.95. The third-order valence-electron chi connectivity index (χ3n) is 6.31. The van der Waals surface area contributed by atoms with E-state index in [-0.39, 0.29) is 15.6 Å². The number of benzene rings is 3. The van der Waals surface area contributed by atoms with Crippen LogP contribution in [0.25, 0.3) is 33.9 Å². The van der Waals surface area contributed by atoms with Crippen LogP contribution in [0.15, 0.2) is 94.9 Å². The van der Waals surface area contributed by atoms with E-state index in [0.717, 1.165) is 28.1 Å². The number of para-hydroxylation sites is 3. The second-order valence-electron chi connectivity index (χ2n) is 8.88. The average Bonchev–Trinajstić information content (AvgIpc) is 3.67. The third kappa shape index (κ3) is 4.48. The molecule has 0 saturated heterocycles. The van der Waals surface area contributed by atoms with Crippen LogP contribution in [0.4, 0.5) is 0 Å². The number of imidazole rings is 1. The van der Waals surface area contributed by atoms with Crippen molar-refractivity contribution < 1.29 is 9.59 Å². The molecule has 0 unspecified atom stereocenters. The molecule has 0 radical (unpaired) electrons. The molecule has 0 aliphatic rings. The Morgan fingerprint density at radius 2 is 1.55 bits per heavy atom. The van der Waals surface area contributed by atoms with Gasteiger partial charge in [0.05, 0.1) is 22.3 Å². The molecular weight excluding hydrogens is 543 g/mol. The molecule has 3 aromatic heterocycles. The number of hydrogen-bond donors (Lipinski definition) is 0. The summed E-state index contributed by atoms with van der Waals surface area (Å²) in [6, 6.07) is 26.3. The van der Waals surface area contributed by atoms with Crippen LogP contribution in [0, 0.1) is 0 Å². The molecule has 9 nitrogen and oxygen atoms in total. The van der Waals surface area contributed by atoms with E-state index in [0.29, 0.717) is 27.8 Å². The summed E-state index contributed by atoms with van der Waals surface area (Å²) in [5, 5.41) is 10.6. The molecule has 6 rings (SSSR count). The zero-order valence-electron chi connectivity index (χ0n) is 21.8. The maximum absolute atomic E-state index is 13.2.